The van der Waals surface area contributed by atoms with Gasteiger partial charge in [0.2, 0.25) is 35.7 Å². The summed E-state index contributed by atoms with van der Waals surface area (Å²) >= 11 is 0. The smallest absolute Gasteiger partial charge is 0.456 e. The van der Waals surface area contributed by atoms with E-state index in [9.17, 15) is 30.9 Å². The van der Waals surface area contributed by atoms with Crippen LogP contribution >= 0.6 is 7.82 Å². The first-order chi connectivity index (χ1) is 26.8. The normalized spacial score (nSPS) is 43.5. The summed E-state index contributed by atoms with van der Waals surface area (Å²) in [6, 6.07) is 7.47. The molecule has 6 saturated heterocycles. The lowest BCUT2D eigenvalue weighted by Crippen LogP contribution is -2.67. The van der Waals surface area contributed by atoms with Crippen molar-refractivity contribution in [2.24, 2.45) is 35.5 Å². The molecule has 0 N–H and O–H groups in total. The molecular formula is C38H45F6O12P. The maximum Gasteiger partial charge on any atom is 0.530 e. The third kappa shape index (κ3) is 6.46. The maximum absolute atomic E-state index is 15.0. The maximum atomic E-state index is 15.0. The van der Waals surface area contributed by atoms with E-state index < -0.39 is 103 Å². The molecule has 2 spiro atoms. The van der Waals surface area contributed by atoms with Crippen LogP contribution in [0.25, 0.3) is 0 Å². The second-order valence-electron chi connectivity index (χ2n) is 17.1. The number of phosphoric ester groups is 1. The molecule has 11 rings (SSSR count). The Hall–Kier alpha value is -2.41. The molecule has 8 heterocycles. The van der Waals surface area contributed by atoms with Gasteiger partial charge < -0.3 is 23.5 Å². The second-order valence-corrected chi connectivity index (χ2v) is 18.6. The summed E-state index contributed by atoms with van der Waals surface area (Å²) in [6.07, 6.45) is -10.0. The monoisotopic (exact) mass is 838 g/mol. The Morgan fingerprint density at radius 1 is 0.667 bits per heavy atom. The highest BCUT2D eigenvalue weighted by Crippen LogP contribution is 2.64. The fourth-order valence-corrected chi connectivity index (χ4v) is 12.0. The third-order valence-electron chi connectivity index (χ3n) is 13.5. The van der Waals surface area contributed by atoms with Crippen molar-refractivity contribution in [1.82, 2.24) is 0 Å². The summed E-state index contributed by atoms with van der Waals surface area (Å²) in [5, 5.41) is 0. The average Bonchev–Trinajstić information content (AvgIpc) is 3.52. The first kappa shape index (κ1) is 40.0. The summed E-state index contributed by atoms with van der Waals surface area (Å²) in [5.41, 5.74) is -3.91. The molecule has 8 fully saturated rings. The van der Waals surface area contributed by atoms with Gasteiger partial charge >= 0.3 is 20.2 Å². The standard InChI is InChI=1S/C38H45F6O12P/c1-20-10-12-27-23(29(37(39,40)41)48-31-35(27)25(20)14-16-33(3,50-31)53-55-35)18-46-57(45,52-22-8-6-5-7-9-22)47-19-24-28-13-11-21(2)26-15-17-34(4)51-32(36(26,28)56-54-34)49-30(24)38(42,43)44/h5-9,20-21,25-28,31-32H,10-19H2,1-4H3/t20-,21-,25?,26?,27+,28+,31-,32-,33-,34-,35-,36-,57?/m1/s1. The van der Waals surface area contributed by atoms with Crippen LogP contribution in [0.1, 0.15) is 79.1 Å². The molecule has 4 bridgehead atoms. The number of benzene rings is 1. The van der Waals surface area contributed by atoms with E-state index >= 15 is 0 Å². The molecule has 1 aromatic carbocycles. The summed E-state index contributed by atoms with van der Waals surface area (Å²) in [6.45, 7) is 5.07. The van der Waals surface area contributed by atoms with E-state index in [4.69, 9.17) is 52.1 Å². The molecule has 2 saturated carbocycles. The van der Waals surface area contributed by atoms with Gasteiger partial charge in [-0.25, -0.2) is 24.1 Å². The lowest BCUT2D eigenvalue weighted by Gasteiger charge is -2.57. The van der Waals surface area contributed by atoms with Crippen molar-refractivity contribution in [1.29, 1.82) is 0 Å². The fourth-order valence-electron chi connectivity index (χ4n) is 10.8. The minimum Gasteiger partial charge on any atom is -0.456 e. The van der Waals surface area contributed by atoms with Gasteiger partial charge in [-0.3, -0.25) is 9.05 Å². The molecule has 316 valence electrons. The minimum atomic E-state index is -5.10. The lowest BCUT2D eigenvalue weighted by atomic mass is 9.59. The van der Waals surface area contributed by atoms with Crippen molar-refractivity contribution in [3.8, 4) is 5.75 Å². The van der Waals surface area contributed by atoms with Crippen molar-refractivity contribution in [2.45, 2.75) is 127 Å². The largest absolute Gasteiger partial charge is 0.530 e. The minimum absolute atomic E-state index is 0.00754. The van der Waals surface area contributed by atoms with E-state index in [1.807, 2.05) is 13.8 Å². The third-order valence-corrected chi connectivity index (χ3v) is 14.9. The van der Waals surface area contributed by atoms with Gasteiger partial charge in [-0.15, -0.1) is 0 Å². The summed E-state index contributed by atoms with van der Waals surface area (Å²) in [5.74, 6) is -8.40. The highest BCUT2D eigenvalue weighted by molar-refractivity contribution is 7.48. The number of hydrogen-bond acceptors (Lipinski definition) is 12. The van der Waals surface area contributed by atoms with Crippen LogP contribution in [-0.2, 0) is 52.1 Å². The zero-order chi connectivity index (χ0) is 40.4. The number of phosphoric acid groups is 1. The number of para-hydroxylation sites is 1. The SMILES string of the molecule is C[C@@H]1CC[C@H]2C(COP(=O)(OCC3=C(C(F)(F)F)O[C@@H]4O[C@@]5(C)CCC6[C@H](C)CC[C@@H]3[C@]64OO5)Oc3ccccc3)=C(C(F)(F)F)O[C@@H]3O[C@@]4(C)CCC1[C@]32OO4. The van der Waals surface area contributed by atoms with Gasteiger partial charge in [0, 0.05) is 47.7 Å². The molecule has 12 atom stereocenters. The van der Waals surface area contributed by atoms with Crippen LogP contribution < -0.4 is 4.52 Å². The van der Waals surface area contributed by atoms with Crippen molar-refractivity contribution in [3.05, 3.63) is 53.0 Å². The first-order valence-corrected chi connectivity index (χ1v) is 20.9. The molecule has 1 aromatic rings. The van der Waals surface area contributed by atoms with Crippen LogP contribution in [0.3, 0.4) is 0 Å². The molecule has 0 aromatic heterocycles. The summed E-state index contributed by atoms with van der Waals surface area (Å²) in [4.78, 5) is 23.5. The highest BCUT2D eigenvalue weighted by atomic mass is 31.2. The number of hydrogen-bond donors (Lipinski definition) is 0. The zero-order valence-electron chi connectivity index (χ0n) is 31.7. The molecule has 19 heteroatoms. The summed E-state index contributed by atoms with van der Waals surface area (Å²) in [7, 11) is -5.10. The van der Waals surface area contributed by atoms with Crippen LogP contribution in [-0.4, -0.2) is 60.9 Å². The molecule has 0 radical (unpaired) electrons. The predicted molar refractivity (Wildman–Crippen MR) is 180 cm³/mol. The number of alkyl halides is 6. The zero-order valence-corrected chi connectivity index (χ0v) is 32.6. The van der Waals surface area contributed by atoms with E-state index in [0.717, 1.165) is 0 Å². The van der Waals surface area contributed by atoms with E-state index in [-0.39, 0.29) is 42.3 Å². The Balaban J connectivity index is 1.08. The van der Waals surface area contributed by atoms with Gasteiger partial charge in [0.05, 0.1) is 13.2 Å². The van der Waals surface area contributed by atoms with E-state index in [1.165, 1.54) is 24.3 Å². The van der Waals surface area contributed by atoms with Crippen LogP contribution in [0.5, 0.6) is 5.75 Å². The van der Waals surface area contributed by atoms with Crippen LogP contribution in [0.15, 0.2) is 53.0 Å². The van der Waals surface area contributed by atoms with Gasteiger partial charge in [-0.2, -0.15) is 26.3 Å². The van der Waals surface area contributed by atoms with Gasteiger partial charge in [-0.05, 0) is 76.3 Å². The highest BCUT2D eigenvalue weighted by Gasteiger charge is 2.72. The van der Waals surface area contributed by atoms with Crippen LogP contribution in [0.4, 0.5) is 26.3 Å². The molecule has 0 amide bonds. The van der Waals surface area contributed by atoms with E-state index in [1.54, 1.807) is 19.9 Å². The number of halogens is 6. The van der Waals surface area contributed by atoms with Crippen LogP contribution in [0.2, 0.25) is 0 Å². The molecule has 8 aliphatic heterocycles. The Morgan fingerprint density at radius 3 is 1.53 bits per heavy atom. The number of allylic oxidation sites excluding steroid dienone is 2. The number of fused-ring (bicyclic) bond motifs is 4. The van der Waals surface area contributed by atoms with Gasteiger partial charge in [0.15, 0.2) is 11.2 Å². The fraction of sp³-hybridized carbons (Fsp3) is 0.737. The Bertz CT molecular complexity index is 1750. The Labute approximate surface area is 324 Å². The first-order valence-electron chi connectivity index (χ1n) is 19.5. The number of ether oxygens (including phenoxy) is 4. The Morgan fingerprint density at radius 2 is 1.11 bits per heavy atom. The summed E-state index contributed by atoms with van der Waals surface area (Å²) < 4.78 is 145. The van der Waals surface area contributed by atoms with Crippen molar-refractivity contribution in [3.63, 3.8) is 0 Å². The van der Waals surface area contributed by atoms with Gasteiger partial charge in [0.1, 0.15) is 5.75 Å². The molecule has 57 heavy (non-hydrogen) atoms. The molecule has 2 unspecified atom stereocenters. The topological polar surface area (TPSA) is 119 Å². The predicted octanol–water partition coefficient (Wildman–Crippen LogP) is 9.33. The van der Waals surface area contributed by atoms with Crippen molar-refractivity contribution in [2.75, 3.05) is 13.2 Å². The van der Waals surface area contributed by atoms with E-state index in [0.29, 0.717) is 38.5 Å². The molecule has 10 aliphatic rings. The van der Waals surface area contributed by atoms with Crippen LogP contribution in [0, 0.1) is 35.5 Å². The van der Waals surface area contributed by atoms with Gasteiger partial charge in [-0.1, -0.05) is 32.0 Å². The quantitative estimate of drug-likeness (QED) is 0.141. The van der Waals surface area contributed by atoms with Crippen molar-refractivity contribution < 1.29 is 83.0 Å². The lowest BCUT2D eigenvalue weighted by molar-refractivity contribution is -0.557. The second kappa shape index (κ2) is 13.5. The van der Waals surface area contributed by atoms with Crippen molar-refractivity contribution >= 4 is 7.82 Å². The molecule has 2 aliphatic carbocycles. The molecule has 12 nitrogen and oxygen atoms in total. The van der Waals surface area contributed by atoms with Gasteiger partial charge in [0.25, 0.3) is 0 Å². The molecular weight excluding hydrogens is 793 g/mol. The van der Waals surface area contributed by atoms with E-state index in [2.05, 4.69) is 0 Å². The Kier molecular flexibility index (Phi) is 9.51. The average molecular weight is 839 g/mol. The number of rotatable bonds is 8.